The van der Waals surface area contributed by atoms with E-state index in [1.165, 1.54) is 0 Å². The van der Waals surface area contributed by atoms with Crippen LogP contribution in [0, 0.1) is 6.92 Å². The smallest absolute Gasteiger partial charge is 0.317 e. The molecule has 2 heterocycles. The second-order valence-corrected chi connectivity index (χ2v) is 7.98. The summed E-state index contributed by atoms with van der Waals surface area (Å²) in [6, 6.07) is 8.13. The first kappa shape index (κ1) is 19.5. The summed E-state index contributed by atoms with van der Waals surface area (Å²) >= 11 is 0. The van der Waals surface area contributed by atoms with Gasteiger partial charge in [-0.15, -0.1) is 10.2 Å². The van der Waals surface area contributed by atoms with Crippen LogP contribution in [-0.4, -0.2) is 64.0 Å². The fourth-order valence-electron chi connectivity index (χ4n) is 4.18. The zero-order valence-corrected chi connectivity index (χ0v) is 17.3. The number of urea groups is 1. The Bertz CT molecular complexity index is 830. The van der Waals surface area contributed by atoms with Crippen molar-refractivity contribution in [2.24, 2.45) is 7.05 Å². The van der Waals surface area contributed by atoms with E-state index in [1.807, 2.05) is 34.7 Å². The number of carbonyl (C=O) groups excluding carboxylic acids is 1. The molecular weight excluding hydrogens is 368 g/mol. The molecule has 2 amide bonds. The molecule has 1 N–H and O–H groups in total. The number of rotatable bonds is 4. The van der Waals surface area contributed by atoms with Gasteiger partial charge in [-0.05, 0) is 37.8 Å². The van der Waals surface area contributed by atoms with Crippen molar-refractivity contribution in [2.75, 3.05) is 31.1 Å². The number of ether oxygens (including phenoxy) is 1. The minimum Gasteiger partial charge on any atom is -0.488 e. The average Bonchev–Trinajstić information content (AvgIpc) is 3.17. The van der Waals surface area contributed by atoms with Crippen LogP contribution in [0.3, 0.4) is 0 Å². The largest absolute Gasteiger partial charge is 0.488 e. The SMILES string of the molecule is Cc1ccccc1OC1CCCCC1NC(=O)N1CCN(c2nncn2C)CC1. The van der Waals surface area contributed by atoms with Crippen molar-refractivity contribution < 1.29 is 9.53 Å². The lowest BCUT2D eigenvalue weighted by Gasteiger charge is -2.38. The Morgan fingerprint density at radius 2 is 1.90 bits per heavy atom. The number of aryl methyl sites for hydroxylation is 2. The Balaban J connectivity index is 1.33. The highest BCUT2D eigenvalue weighted by molar-refractivity contribution is 5.75. The first-order valence-corrected chi connectivity index (χ1v) is 10.5. The van der Waals surface area contributed by atoms with Crippen LogP contribution in [-0.2, 0) is 7.05 Å². The van der Waals surface area contributed by atoms with Gasteiger partial charge in [0.25, 0.3) is 0 Å². The van der Waals surface area contributed by atoms with E-state index in [4.69, 9.17) is 4.74 Å². The summed E-state index contributed by atoms with van der Waals surface area (Å²) < 4.78 is 8.21. The van der Waals surface area contributed by atoms with Crippen molar-refractivity contribution in [3.63, 3.8) is 0 Å². The van der Waals surface area contributed by atoms with Crippen LogP contribution in [0.5, 0.6) is 5.75 Å². The van der Waals surface area contributed by atoms with Crippen LogP contribution >= 0.6 is 0 Å². The summed E-state index contributed by atoms with van der Waals surface area (Å²) in [6.07, 6.45) is 5.92. The normalized spacial score (nSPS) is 22.4. The summed E-state index contributed by atoms with van der Waals surface area (Å²) in [5, 5.41) is 11.4. The molecule has 4 rings (SSSR count). The lowest BCUT2D eigenvalue weighted by atomic mass is 9.92. The second kappa shape index (κ2) is 8.71. The molecule has 2 atom stereocenters. The summed E-state index contributed by atoms with van der Waals surface area (Å²) in [5.41, 5.74) is 1.13. The Morgan fingerprint density at radius 3 is 2.62 bits per heavy atom. The zero-order chi connectivity index (χ0) is 20.2. The van der Waals surface area contributed by atoms with Crippen LogP contribution in [0.2, 0.25) is 0 Å². The molecule has 0 bridgehead atoms. The lowest BCUT2D eigenvalue weighted by molar-refractivity contribution is 0.109. The molecule has 1 aliphatic carbocycles. The highest BCUT2D eigenvalue weighted by Gasteiger charge is 2.31. The van der Waals surface area contributed by atoms with Crippen molar-refractivity contribution in [3.8, 4) is 5.75 Å². The van der Waals surface area contributed by atoms with E-state index in [2.05, 4.69) is 33.4 Å². The predicted molar refractivity (Wildman–Crippen MR) is 111 cm³/mol. The van der Waals surface area contributed by atoms with E-state index in [0.717, 1.165) is 56.0 Å². The molecular formula is C21H30N6O2. The maximum Gasteiger partial charge on any atom is 0.317 e. The molecule has 2 unspecified atom stereocenters. The number of nitrogens with zero attached hydrogens (tertiary/aromatic N) is 5. The first-order valence-electron chi connectivity index (χ1n) is 10.5. The fraction of sp³-hybridized carbons (Fsp3) is 0.571. The molecule has 2 aromatic rings. The Hall–Kier alpha value is -2.77. The number of para-hydroxylation sites is 1. The third kappa shape index (κ3) is 4.46. The van der Waals surface area contributed by atoms with E-state index in [9.17, 15) is 4.79 Å². The van der Waals surface area contributed by atoms with Crippen LogP contribution in [0.25, 0.3) is 0 Å². The lowest BCUT2D eigenvalue weighted by Crippen LogP contribution is -2.56. The number of hydrogen-bond acceptors (Lipinski definition) is 5. The molecule has 2 fully saturated rings. The van der Waals surface area contributed by atoms with E-state index >= 15 is 0 Å². The summed E-state index contributed by atoms with van der Waals surface area (Å²) in [6.45, 7) is 4.92. The van der Waals surface area contributed by atoms with E-state index in [0.29, 0.717) is 13.1 Å². The summed E-state index contributed by atoms with van der Waals surface area (Å²) in [5.74, 6) is 1.76. The highest BCUT2D eigenvalue weighted by atomic mass is 16.5. The molecule has 2 aliphatic rings. The van der Waals surface area contributed by atoms with Gasteiger partial charge in [0.05, 0.1) is 6.04 Å². The van der Waals surface area contributed by atoms with Crippen LogP contribution in [0.1, 0.15) is 31.2 Å². The number of benzene rings is 1. The van der Waals surface area contributed by atoms with Crippen molar-refractivity contribution in [3.05, 3.63) is 36.2 Å². The van der Waals surface area contributed by atoms with Crippen molar-refractivity contribution in [1.29, 1.82) is 0 Å². The fourth-order valence-corrected chi connectivity index (χ4v) is 4.18. The number of carbonyl (C=O) groups is 1. The monoisotopic (exact) mass is 398 g/mol. The van der Waals surface area contributed by atoms with E-state index in [1.54, 1.807) is 6.33 Å². The van der Waals surface area contributed by atoms with Gasteiger partial charge in [0.15, 0.2) is 0 Å². The van der Waals surface area contributed by atoms with E-state index < -0.39 is 0 Å². The molecule has 156 valence electrons. The molecule has 8 heteroatoms. The second-order valence-electron chi connectivity index (χ2n) is 7.98. The molecule has 1 saturated carbocycles. The number of anilines is 1. The standard InChI is InChI=1S/C21H30N6O2/c1-16-7-3-5-9-18(16)29-19-10-6-4-8-17(19)23-21(28)27-13-11-26(12-14-27)20-24-22-15-25(20)2/h3,5,7,9,15,17,19H,4,6,8,10-14H2,1-2H3,(H,23,28). The summed E-state index contributed by atoms with van der Waals surface area (Å²) in [4.78, 5) is 17.0. The number of hydrogen-bond donors (Lipinski definition) is 1. The zero-order valence-electron chi connectivity index (χ0n) is 17.3. The molecule has 8 nitrogen and oxygen atoms in total. The minimum atomic E-state index is 0.00731. The number of nitrogens with one attached hydrogen (secondary N) is 1. The molecule has 0 radical (unpaired) electrons. The van der Waals surface area contributed by atoms with Gasteiger partial charge in [0, 0.05) is 33.2 Å². The highest BCUT2D eigenvalue weighted by Crippen LogP contribution is 2.26. The Labute approximate surface area is 171 Å². The molecule has 29 heavy (non-hydrogen) atoms. The number of aromatic nitrogens is 3. The van der Waals surface area contributed by atoms with Crippen molar-refractivity contribution >= 4 is 12.0 Å². The topological polar surface area (TPSA) is 75.5 Å². The Morgan fingerprint density at radius 1 is 1.14 bits per heavy atom. The maximum absolute atomic E-state index is 12.9. The van der Waals surface area contributed by atoms with Gasteiger partial charge in [-0.25, -0.2) is 4.79 Å². The van der Waals surface area contributed by atoms with E-state index in [-0.39, 0.29) is 18.2 Å². The van der Waals surface area contributed by atoms with Gasteiger partial charge < -0.3 is 24.4 Å². The summed E-state index contributed by atoms with van der Waals surface area (Å²) in [7, 11) is 1.94. The van der Waals surface area contributed by atoms with Gasteiger partial charge in [-0.1, -0.05) is 24.6 Å². The minimum absolute atomic E-state index is 0.00731. The third-order valence-electron chi connectivity index (χ3n) is 5.92. The van der Waals surface area contributed by atoms with Crippen LogP contribution < -0.4 is 15.0 Å². The number of amides is 2. The molecule has 1 aliphatic heterocycles. The van der Waals surface area contributed by atoms with Gasteiger partial charge in [-0.3, -0.25) is 0 Å². The molecule has 1 aromatic heterocycles. The maximum atomic E-state index is 12.9. The Kier molecular flexibility index (Phi) is 5.87. The van der Waals surface area contributed by atoms with Gasteiger partial charge in [0.2, 0.25) is 5.95 Å². The van der Waals surface area contributed by atoms with Crippen LogP contribution in [0.4, 0.5) is 10.7 Å². The molecule has 1 saturated heterocycles. The van der Waals surface area contributed by atoms with Crippen molar-refractivity contribution in [2.45, 2.75) is 44.8 Å². The van der Waals surface area contributed by atoms with Crippen LogP contribution in [0.15, 0.2) is 30.6 Å². The quantitative estimate of drug-likeness (QED) is 0.856. The van der Waals surface area contributed by atoms with Gasteiger partial charge in [0.1, 0.15) is 18.2 Å². The molecule has 1 aromatic carbocycles. The third-order valence-corrected chi connectivity index (χ3v) is 5.92. The van der Waals surface area contributed by atoms with Crippen molar-refractivity contribution in [1.82, 2.24) is 25.0 Å². The van der Waals surface area contributed by atoms with Gasteiger partial charge >= 0.3 is 6.03 Å². The average molecular weight is 399 g/mol. The molecule has 0 spiro atoms. The number of piperazine rings is 1. The first-order chi connectivity index (χ1) is 14.1. The van der Waals surface area contributed by atoms with Gasteiger partial charge in [-0.2, -0.15) is 0 Å². The predicted octanol–water partition coefficient (Wildman–Crippen LogP) is 2.35.